The van der Waals surface area contributed by atoms with Crippen LogP contribution in [0.15, 0.2) is 42.9 Å². The molecule has 0 bridgehead atoms. The number of ether oxygens (including phenoxy) is 1. The maximum Gasteiger partial charge on any atom is 0.204 e. The number of halogens is 3. The van der Waals surface area contributed by atoms with Crippen molar-refractivity contribution >= 4 is 17.6 Å². The minimum Gasteiger partial charge on any atom is -0.495 e. The molecule has 5 rings (SSSR count). The number of hydrogen-bond acceptors (Lipinski definition) is 4. The molecule has 1 saturated carbocycles. The number of unbranched alkanes of at least 4 members (excludes halogenated alkanes) is 1. The number of anilines is 1. The lowest BCUT2D eigenvalue weighted by Gasteiger charge is -2.19. The highest BCUT2D eigenvalue weighted by Crippen LogP contribution is 2.30. The van der Waals surface area contributed by atoms with Gasteiger partial charge in [-0.1, -0.05) is 19.4 Å². The maximum absolute atomic E-state index is 14.2. The van der Waals surface area contributed by atoms with Crippen molar-refractivity contribution < 1.29 is 17.9 Å². The molecule has 2 aromatic carbocycles. The Morgan fingerprint density at radius 1 is 1.13 bits per heavy atom. The third-order valence-corrected chi connectivity index (χ3v) is 6.96. The van der Waals surface area contributed by atoms with E-state index in [0.29, 0.717) is 23.8 Å². The molecule has 1 unspecified atom stereocenters. The van der Waals surface area contributed by atoms with Crippen LogP contribution in [-0.4, -0.2) is 32.8 Å². The first-order chi connectivity index (χ1) is 18.8. The number of hydrogen-bond donors (Lipinski definition) is 1. The van der Waals surface area contributed by atoms with E-state index in [1.165, 1.54) is 5.57 Å². The molecule has 4 aromatic rings. The van der Waals surface area contributed by atoms with Crippen molar-refractivity contribution in [3.8, 4) is 11.4 Å². The summed E-state index contributed by atoms with van der Waals surface area (Å²) < 4.78 is 51.6. The van der Waals surface area contributed by atoms with E-state index >= 15 is 0 Å². The molecule has 0 aliphatic heterocycles. The van der Waals surface area contributed by atoms with E-state index in [-0.39, 0.29) is 0 Å². The highest BCUT2D eigenvalue weighted by atomic mass is 19.2. The fourth-order valence-electron chi connectivity index (χ4n) is 4.75. The number of imidazole rings is 2. The van der Waals surface area contributed by atoms with Crippen LogP contribution in [0.25, 0.3) is 17.3 Å². The van der Waals surface area contributed by atoms with Crippen LogP contribution in [0.4, 0.5) is 19.1 Å². The summed E-state index contributed by atoms with van der Waals surface area (Å²) in [6.07, 6.45) is 9.45. The zero-order valence-electron chi connectivity index (χ0n) is 22.6. The van der Waals surface area contributed by atoms with Crippen LogP contribution < -0.4 is 20.8 Å². The van der Waals surface area contributed by atoms with Gasteiger partial charge in [-0.2, -0.15) is 0 Å². The van der Waals surface area contributed by atoms with Gasteiger partial charge in [0.25, 0.3) is 0 Å². The summed E-state index contributed by atoms with van der Waals surface area (Å²) in [6, 6.07) is 7.54. The van der Waals surface area contributed by atoms with Crippen molar-refractivity contribution in [1.29, 1.82) is 0 Å². The molecule has 9 heteroatoms. The molecule has 39 heavy (non-hydrogen) atoms. The van der Waals surface area contributed by atoms with Crippen LogP contribution >= 0.6 is 0 Å². The Bertz CT molecular complexity index is 1610. The SMILES string of the molecule is CCCCNc1n/c(=C\c2ccc(-n3cnc(C)c3)c(OC)c2)c(=C2CC2)n1C(C)c1cc(F)c(F)c(F)c1. The topological polar surface area (TPSA) is 56.9 Å². The molecule has 1 aliphatic rings. The van der Waals surface area contributed by atoms with E-state index in [2.05, 4.69) is 17.2 Å². The third-order valence-electron chi connectivity index (χ3n) is 6.96. The second kappa shape index (κ2) is 11.0. The van der Waals surface area contributed by atoms with Crippen LogP contribution in [0.5, 0.6) is 5.75 Å². The zero-order valence-corrected chi connectivity index (χ0v) is 22.6. The summed E-state index contributed by atoms with van der Waals surface area (Å²) in [7, 11) is 1.63. The number of benzene rings is 2. The molecule has 2 aromatic heterocycles. The molecule has 2 heterocycles. The number of methoxy groups -OCH3 is 1. The molecule has 1 N–H and O–H groups in total. The first-order valence-electron chi connectivity index (χ1n) is 13.2. The van der Waals surface area contributed by atoms with Gasteiger partial charge in [-0.3, -0.25) is 0 Å². The lowest BCUT2D eigenvalue weighted by Crippen LogP contribution is -2.33. The molecular formula is C30H32F3N5O. The summed E-state index contributed by atoms with van der Waals surface area (Å²) in [5.41, 5.74) is 4.21. The fraction of sp³-hybridized carbons (Fsp3) is 0.333. The lowest BCUT2D eigenvalue weighted by atomic mass is 10.1. The Morgan fingerprint density at radius 3 is 2.49 bits per heavy atom. The molecule has 0 saturated heterocycles. The second-order valence-electron chi connectivity index (χ2n) is 9.90. The highest BCUT2D eigenvalue weighted by molar-refractivity contribution is 5.62. The minimum atomic E-state index is -1.47. The molecular weight excluding hydrogens is 503 g/mol. The Balaban J connectivity index is 1.65. The number of nitrogens with one attached hydrogen (secondary N) is 1. The first kappa shape index (κ1) is 26.6. The van der Waals surface area contributed by atoms with Crippen LogP contribution in [0, 0.1) is 24.4 Å². The molecule has 0 radical (unpaired) electrons. The van der Waals surface area contributed by atoms with Crippen molar-refractivity contribution in [3.63, 3.8) is 0 Å². The summed E-state index contributed by atoms with van der Waals surface area (Å²) in [5, 5.41) is 5.08. The molecule has 1 aliphatic carbocycles. The zero-order chi connectivity index (χ0) is 27.7. The second-order valence-corrected chi connectivity index (χ2v) is 9.90. The fourth-order valence-corrected chi connectivity index (χ4v) is 4.75. The van der Waals surface area contributed by atoms with E-state index in [1.54, 1.807) is 13.4 Å². The molecule has 204 valence electrons. The van der Waals surface area contributed by atoms with Gasteiger partial charge in [0.1, 0.15) is 5.75 Å². The Morgan fingerprint density at radius 2 is 1.87 bits per heavy atom. The van der Waals surface area contributed by atoms with E-state index < -0.39 is 23.5 Å². The normalized spacial score (nSPS) is 14.1. The minimum absolute atomic E-state index is 0.332. The Labute approximate surface area is 225 Å². The van der Waals surface area contributed by atoms with Crippen LogP contribution in [0.1, 0.15) is 62.4 Å². The van der Waals surface area contributed by atoms with Crippen molar-refractivity contribution in [2.24, 2.45) is 0 Å². The van der Waals surface area contributed by atoms with Crippen molar-refractivity contribution in [1.82, 2.24) is 19.1 Å². The predicted octanol–water partition coefficient (Wildman–Crippen LogP) is 5.40. The van der Waals surface area contributed by atoms with Crippen LogP contribution in [0.3, 0.4) is 0 Å². The third kappa shape index (κ3) is 5.44. The summed E-state index contributed by atoms with van der Waals surface area (Å²) in [5.74, 6) is -2.57. The van der Waals surface area contributed by atoms with Gasteiger partial charge in [0.05, 0.1) is 41.6 Å². The quantitative estimate of drug-likeness (QED) is 0.230. The van der Waals surface area contributed by atoms with Gasteiger partial charge in [0.2, 0.25) is 5.95 Å². The predicted molar refractivity (Wildman–Crippen MR) is 146 cm³/mol. The van der Waals surface area contributed by atoms with E-state index in [0.717, 1.165) is 65.5 Å². The average Bonchev–Trinajstić information content (AvgIpc) is 3.57. The Hall–Kier alpha value is -4.01. The molecule has 1 fully saturated rings. The van der Waals surface area contributed by atoms with Crippen molar-refractivity contribution in [2.75, 3.05) is 19.0 Å². The lowest BCUT2D eigenvalue weighted by molar-refractivity contribution is 0.413. The van der Waals surface area contributed by atoms with E-state index in [9.17, 15) is 13.2 Å². The average molecular weight is 536 g/mol. The van der Waals surface area contributed by atoms with Gasteiger partial charge in [-0.05, 0) is 80.2 Å². The number of aryl methyl sites for hydroxylation is 1. The molecule has 6 nitrogen and oxygen atoms in total. The summed E-state index contributed by atoms with van der Waals surface area (Å²) in [6.45, 7) is 6.58. The van der Waals surface area contributed by atoms with Gasteiger partial charge in [0.15, 0.2) is 17.5 Å². The number of aromatic nitrogens is 4. The molecule has 1 atom stereocenters. The van der Waals surface area contributed by atoms with E-state index in [1.807, 2.05) is 53.5 Å². The number of rotatable bonds is 9. The standard InChI is InChI=1S/C30H32F3N5O/c1-5-6-11-34-30-36-25(12-20-7-10-26(27(13-20)39-4)37-16-18(2)35-17-37)29(21-8-9-21)38(30)19(3)22-14-23(31)28(33)24(32)15-22/h7,10,12-17,19H,5-6,8-9,11H2,1-4H3,(H,34,36)/b25-12-. The van der Waals surface area contributed by atoms with Crippen LogP contribution in [-0.2, 0) is 0 Å². The monoisotopic (exact) mass is 535 g/mol. The van der Waals surface area contributed by atoms with Gasteiger partial charge >= 0.3 is 0 Å². The van der Waals surface area contributed by atoms with Gasteiger partial charge in [0, 0.05) is 12.7 Å². The summed E-state index contributed by atoms with van der Waals surface area (Å²) in [4.78, 5) is 9.25. The van der Waals surface area contributed by atoms with E-state index in [4.69, 9.17) is 9.72 Å². The Kier molecular flexibility index (Phi) is 7.50. The van der Waals surface area contributed by atoms with Crippen LogP contribution in [0.2, 0.25) is 0 Å². The number of nitrogens with zero attached hydrogens (tertiary/aromatic N) is 4. The first-order valence-corrected chi connectivity index (χ1v) is 13.2. The van der Waals surface area contributed by atoms with Gasteiger partial charge in [-0.25, -0.2) is 23.1 Å². The van der Waals surface area contributed by atoms with Crippen molar-refractivity contribution in [3.05, 3.63) is 87.8 Å². The highest BCUT2D eigenvalue weighted by Gasteiger charge is 2.24. The maximum atomic E-state index is 14.2. The molecule has 0 spiro atoms. The summed E-state index contributed by atoms with van der Waals surface area (Å²) >= 11 is 0. The largest absolute Gasteiger partial charge is 0.495 e. The van der Waals surface area contributed by atoms with Crippen molar-refractivity contribution in [2.45, 2.75) is 52.5 Å². The molecule has 0 amide bonds. The van der Waals surface area contributed by atoms with Gasteiger partial charge < -0.3 is 19.2 Å². The smallest absolute Gasteiger partial charge is 0.204 e. The van der Waals surface area contributed by atoms with Gasteiger partial charge in [-0.15, -0.1) is 0 Å².